The zero-order valence-electron chi connectivity index (χ0n) is 13.8. The second-order valence-corrected chi connectivity index (χ2v) is 5.97. The van der Waals surface area contributed by atoms with Gasteiger partial charge in [0.1, 0.15) is 5.75 Å². The fourth-order valence-electron chi connectivity index (χ4n) is 2.31. The molecule has 25 heavy (non-hydrogen) atoms. The molecule has 0 bridgehead atoms. The van der Waals surface area contributed by atoms with Crippen LogP contribution in [0.4, 0.5) is 0 Å². The molecule has 2 aromatic carbocycles. The molecule has 0 aliphatic carbocycles. The first-order chi connectivity index (χ1) is 12.0. The number of carboxylic acid groups (broad SMARTS) is 1. The summed E-state index contributed by atoms with van der Waals surface area (Å²) < 4.78 is 5.50. The van der Waals surface area contributed by atoms with Crippen LogP contribution in [0.15, 0.2) is 48.5 Å². The van der Waals surface area contributed by atoms with Gasteiger partial charge in [-0.25, -0.2) is 0 Å². The van der Waals surface area contributed by atoms with E-state index in [2.05, 4.69) is 5.32 Å². The number of aliphatic carboxylic acids is 1. The number of rotatable bonds is 8. The molecule has 6 heteroatoms. The fourth-order valence-corrected chi connectivity index (χ4v) is 2.50. The van der Waals surface area contributed by atoms with Crippen LogP contribution in [0.5, 0.6) is 5.75 Å². The monoisotopic (exact) mass is 360 g/mol. The summed E-state index contributed by atoms with van der Waals surface area (Å²) in [6, 6.07) is 12.7. The maximum Gasteiger partial charge on any atom is 0.251 e. The summed E-state index contributed by atoms with van der Waals surface area (Å²) in [4.78, 5) is 23.4. The first-order valence-corrected chi connectivity index (χ1v) is 8.36. The number of benzene rings is 2. The number of halogens is 1. The van der Waals surface area contributed by atoms with Crippen molar-refractivity contribution in [2.75, 3.05) is 6.61 Å². The molecule has 0 aliphatic heterocycles. The van der Waals surface area contributed by atoms with Crippen molar-refractivity contribution >= 4 is 23.5 Å². The molecule has 0 saturated heterocycles. The third kappa shape index (κ3) is 5.80. The van der Waals surface area contributed by atoms with Crippen LogP contribution in [0.3, 0.4) is 0 Å². The lowest BCUT2D eigenvalue weighted by molar-refractivity contribution is -0.306. The Balaban J connectivity index is 2.15. The number of hydrogen-bond acceptors (Lipinski definition) is 4. The molecule has 1 amide bonds. The van der Waals surface area contributed by atoms with E-state index >= 15 is 0 Å². The minimum atomic E-state index is -1.25. The molecule has 0 fully saturated rings. The van der Waals surface area contributed by atoms with Gasteiger partial charge in [-0.3, -0.25) is 4.79 Å². The van der Waals surface area contributed by atoms with E-state index < -0.39 is 17.9 Å². The standard InChI is InChI=1S/C19H20ClNO4/c1-2-10-25-16-8-6-13(7-9-16)17(12-18(22)23)21-19(24)14-4-3-5-15(20)11-14/h3-9,11,17H,2,10,12H2,1H3,(H,21,24)(H,22,23)/p-1/t17-/m0/s1. The number of amides is 1. The van der Waals surface area contributed by atoms with Crippen LogP contribution in [0.2, 0.25) is 5.02 Å². The highest BCUT2D eigenvalue weighted by Crippen LogP contribution is 2.21. The molecule has 0 radical (unpaired) electrons. The molecular weight excluding hydrogens is 342 g/mol. The summed E-state index contributed by atoms with van der Waals surface area (Å²) in [6.07, 6.45) is 0.562. The summed E-state index contributed by atoms with van der Waals surface area (Å²) >= 11 is 5.89. The molecular formula is C19H19ClNO4-. The van der Waals surface area contributed by atoms with Gasteiger partial charge >= 0.3 is 0 Å². The Bertz CT molecular complexity index is 730. The Hall–Kier alpha value is -2.53. The van der Waals surface area contributed by atoms with Crippen LogP contribution in [0.1, 0.15) is 41.7 Å². The van der Waals surface area contributed by atoms with Crippen molar-refractivity contribution < 1.29 is 19.4 Å². The number of carbonyl (C=O) groups is 2. The zero-order valence-corrected chi connectivity index (χ0v) is 14.6. The third-order valence-electron chi connectivity index (χ3n) is 3.52. The summed E-state index contributed by atoms with van der Waals surface area (Å²) in [5.74, 6) is -0.957. The molecule has 0 aliphatic rings. The second-order valence-electron chi connectivity index (χ2n) is 5.53. The molecule has 2 aromatic rings. The largest absolute Gasteiger partial charge is 0.550 e. The van der Waals surface area contributed by atoms with Crippen molar-refractivity contribution in [2.24, 2.45) is 0 Å². The Morgan fingerprint density at radius 2 is 1.92 bits per heavy atom. The van der Waals surface area contributed by atoms with E-state index in [-0.39, 0.29) is 6.42 Å². The van der Waals surface area contributed by atoms with Gasteiger partial charge in [0.15, 0.2) is 0 Å². The fraction of sp³-hybridized carbons (Fsp3) is 0.263. The number of nitrogens with one attached hydrogen (secondary N) is 1. The smallest absolute Gasteiger partial charge is 0.251 e. The molecule has 1 atom stereocenters. The van der Waals surface area contributed by atoms with Gasteiger partial charge < -0.3 is 20.0 Å². The van der Waals surface area contributed by atoms with E-state index in [0.717, 1.165) is 6.42 Å². The van der Waals surface area contributed by atoms with Crippen molar-refractivity contribution in [2.45, 2.75) is 25.8 Å². The normalized spacial score (nSPS) is 11.6. The molecule has 0 heterocycles. The lowest BCUT2D eigenvalue weighted by atomic mass is 10.0. The van der Waals surface area contributed by atoms with Gasteiger partial charge in [-0.1, -0.05) is 36.7 Å². The van der Waals surface area contributed by atoms with Gasteiger partial charge in [0.05, 0.1) is 12.6 Å². The van der Waals surface area contributed by atoms with Crippen LogP contribution < -0.4 is 15.2 Å². The molecule has 0 saturated carbocycles. The summed E-state index contributed by atoms with van der Waals surface area (Å²) in [5, 5.41) is 14.2. The van der Waals surface area contributed by atoms with Gasteiger partial charge in [0.2, 0.25) is 0 Å². The maximum atomic E-state index is 12.4. The minimum absolute atomic E-state index is 0.332. The summed E-state index contributed by atoms with van der Waals surface area (Å²) in [6.45, 7) is 2.61. The molecule has 2 rings (SSSR count). The second kappa shape index (κ2) is 9.08. The van der Waals surface area contributed by atoms with Gasteiger partial charge in [0.25, 0.3) is 5.91 Å². The Kier molecular flexibility index (Phi) is 6.83. The van der Waals surface area contributed by atoms with Crippen LogP contribution in [0.25, 0.3) is 0 Å². The molecule has 0 unspecified atom stereocenters. The molecule has 1 N–H and O–H groups in total. The first kappa shape index (κ1) is 18.8. The van der Waals surface area contributed by atoms with Crippen LogP contribution in [0, 0.1) is 0 Å². The van der Waals surface area contributed by atoms with Crippen molar-refractivity contribution in [3.8, 4) is 5.75 Å². The lowest BCUT2D eigenvalue weighted by Crippen LogP contribution is -2.34. The maximum absolute atomic E-state index is 12.4. The minimum Gasteiger partial charge on any atom is -0.550 e. The highest BCUT2D eigenvalue weighted by atomic mass is 35.5. The highest BCUT2D eigenvalue weighted by Gasteiger charge is 2.16. The zero-order chi connectivity index (χ0) is 18.2. The first-order valence-electron chi connectivity index (χ1n) is 7.98. The van der Waals surface area contributed by atoms with E-state index in [4.69, 9.17) is 16.3 Å². The predicted octanol–water partition coefficient (Wildman–Crippen LogP) is 2.74. The molecule has 132 valence electrons. The average Bonchev–Trinajstić information content (AvgIpc) is 2.59. The van der Waals surface area contributed by atoms with Crippen molar-refractivity contribution in [1.82, 2.24) is 5.32 Å². The predicted molar refractivity (Wildman–Crippen MR) is 93.5 cm³/mol. The van der Waals surface area contributed by atoms with E-state index in [1.54, 1.807) is 42.5 Å². The van der Waals surface area contributed by atoms with E-state index in [1.165, 1.54) is 6.07 Å². The van der Waals surface area contributed by atoms with Gasteiger partial charge in [0, 0.05) is 23.0 Å². The van der Waals surface area contributed by atoms with E-state index in [0.29, 0.717) is 28.5 Å². The average molecular weight is 361 g/mol. The Morgan fingerprint density at radius 1 is 1.20 bits per heavy atom. The summed E-state index contributed by atoms with van der Waals surface area (Å²) in [7, 11) is 0. The van der Waals surface area contributed by atoms with E-state index in [9.17, 15) is 14.7 Å². The number of hydrogen-bond donors (Lipinski definition) is 1. The molecule has 5 nitrogen and oxygen atoms in total. The molecule has 0 aromatic heterocycles. The van der Waals surface area contributed by atoms with Crippen LogP contribution in [-0.2, 0) is 4.79 Å². The van der Waals surface area contributed by atoms with Gasteiger partial charge in [-0.2, -0.15) is 0 Å². The van der Waals surface area contributed by atoms with Crippen molar-refractivity contribution in [1.29, 1.82) is 0 Å². The van der Waals surface area contributed by atoms with E-state index in [1.807, 2.05) is 6.92 Å². The Labute approximate surface area is 151 Å². The number of carbonyl (C=O) groups excluding carboxylic acids is 2. The van der Waals surface area contributed by atoms with Crippen LogP contribution in [-0.4, -0.2) is 18.5 Å². The highest BCUT2D eigenvalue weighted by molar-refractivity contribution is 6.30. The lowest BCUT2D eigenvalue weighted by Gasteiger charge is -2.20. The van der Waals surface area contributed by atoms with Gasteiger partial charge in [-0.05, 0) is 42.3 Å². The Morgan fingerprint density at radius 3 is 2.52 bits per heavy atom. The van der Waals surface area contributed by atoms with Gasteiger partial charge in [-0.15, -0.1) is 0 Å². The molecule has 0 spiro atoms. The van der Waals surface area contributed by atoms with Crippen molar-refractivity contribution in [3.63, 3.8) is 0 Å². The number of ether oxygens (including phenoxy) is 1. The topological polar surface area (TPSA) is 78.5 Å². The number of carboxylic acids is 1. The SMILES string of the molecule is CCCOc1ccc([C@H](CC(=O)[O-])NC(=O)c2cccc(Cl)c2)cc1. The summed E-state index contributed by atoms with van der Waals surface area (Å²) in [5.41, 5.74) is 1.02. The van der Waals surface area contributed by atoms with Crippen molar-refractivity contribution in [3.05, 3.63) is 64.7 Å². The third-order valence-corrected chi connectivity index (χ3v) is 3.75. The quantitative estimate of drug-likeness (QED) is 0.785. The van der Waals surface area contributed by atoms with Crippen LogP contribution >= 0.6 is 11.6 Å².